The van der Waals surface area contributed by atoms with Gasteiger partial charge in [-0.1, -0.05) is 11.6 Å². The van der Waals surface area contributed by atoms with Gasteiger partial charge in [-0.15, -0.1) is 0 Å². The first kappa shape index (κ1) is 13.6. The van der Waals surface area contributed by atoms with Gasteiger partial charge in [0.1, 0.15) is 11.5 Å². The van der Waals surface area contributed by atoms with E-state index in [0.717, 1.165) is 10.5 Å². The lowest BCUT2D eigenvalue weighted by Gasteiger charge is -2.05. The number of hydrogen-bond acceptors (Lipinski definition) is 2. The van der Waals surface area contributed by atoms with Crippen molar-refractivity contribution in [2.24, 2.45) is 0 Å². The molecule has 0 atom stereocenters. The zero-order chi connectivity index (χ0) is 13.3. The van der Waals surface area contributed by atoms with Crippen LogP contribution in [0.2, 0.25) is 5.02 Å². The number of rotatable bonds is 2. The van der Waals surface area contributed by atoms with Crippen LogP contribution in [0.25, 0.3) is 0 Å². The predicted octanol–water partition coefficient (Wildman–Crippen LogP) is 4.63. The molecule has 92 valence electrons. The van der Waals surface area contributed by atoms with Crippen molar-refractivity contribution in [3.8, 4) is 0 Å². The third kappa shape index (κ3) is 2.79. The molecule has 2 aromatic rings. The Kier molecular flexibility index (Phi) is 4.14. The van der Waals surface area contributed by atoms with Crippen LogP contribution in [-0.2, 0) is 0 Å². The van der Waals surface area contributed by atoms with E-state index in [0.29, 0.717) is 4.47 Å². The van der Waals surface area contributed by atoms with Gasteiger partial charge < -0.3 is 0 Å². The molecule has 2 nitrogen and oxygen atoms in total. The number of aromatic nitrogens is 1. The first-order valence-corrected chi connectivity index (χ1v) is 6.76. The van der Waals surface area contributed by atoms with E-state index in [4.69, 9.17) is 11.6 Å². The maximum atomic E-state index is 13.1. The van der Waals surface area contributed by atoms with Crippen LogP contribution in [-0.4, -0.2) is 10.8 Å². The molecule has 0 saturated heterocycles. The second kappa shape index (κ2) is 5.47. The van der Waals surface area contributed by atoms with E-state index in [2.05, 4.69) is 36.8 Å². The number of pyridine rings is 1. The highest BCUT2D eigenvalue weighted by Crippen LogP contribution is 2.25. The van der Waals surface area contributed by atoms with Crippen molar-refractivity contribution in [2.45, 2.75) is 0 Å². The minimum Gasteiger partial charge on any atom is -0.287 e. The quantitative estimate of drug-likeness (QED) is 0.697. The summed E-state index contributed by atoms with van der Waals surface area (Å²) >= 11 is 12.4. The molecule has 0 fully saturated rings. The number of halogens is 4. The van der Waals surface area contributed by atoms with Crippen LogP contribution in [0.3, 0.4) is 0 Å². The third-order valence-electron chi connectivity index (χ3n) is 2.20. The van der Waals surface area contributed by atoms with Gasteiger partial charge in [-0.3, -0.25) is 9.78 Å². The summed E-state index contributed by atoms with van der Waals surface area (Å²) in [7, 11) is 0. The first-order chi connectivity index (χ1) is 8.49. The molecular weight excluding hydrogens is 388 g/mol. The van der Waals surface area contributed by atoms with E-state index in [1.54, 1.807) is 6.07 Å². The monoisotopic (exact) mass is 391 g/mol. The fraction of sp³-hybridized carbons (Fsp3) is 0. The van der Waals surface area contributed by atoms with Gasteiger partial charge in [0.05, 0.1) is 5.02 Å². The average molecular weight is 393 g/mol. The van der Waals surface area contributed by atoms with Gasteiger partial charge in [-0.05, 0) is 56.1 Å². The minimum absolute atomic E-state index is 0.0900. The zero-order valence-corrected chi connectivity index (χ0v) is 12.7. The predicted molar refractivity (Wildman–Crippen MR) is 74.5 cm³/mol. The molecule has 0 amide bonds. The summed E-state index contributed by atoms with van der Waals surface area (Å²) < 4.78 is 14.4. The van der Waals surface area contributed by atoms with E-state index in [-0.39, 0.29) is 16.3 Å². The number of ketones is 1. The van der Waals surface area contributed by atoms with Crippen LogP contribution >= 0.6 is 43.5 Å². The highest BCUT2D eigenvalue weighted by Gasteiger charge is 2.18. The van der Waals surface area contributed by atoms with Gasteiger partial charge in [0.2, 0.25) is 5.78 Å². The topological polar surface area (TPSA) is 30.0 Å². The van der Waals surface area contributed by atoms with Crippen molar-refractivity contribution in [3.63, 3.8) is 0 Å². The molecule has 0 N–H and O–H groups in total. The van der Waals surface area contributed by atoms with Crippen molar-refractivity contribution in [3.05, 3.63) is 61.5 Å². The summed E-state index contributed by atoms with van der Waals surface area (Å²) in [5.41, 5.74) is 0.276. The SMILES string of the molecule is O=C(c1cc(F)ccc1Cl)c1ncc(Br)cc1Br. The summed E-state index contributed by atoms with van der Waals surface area (Å²) in [5, 5.41) is 0.193. The lowest BCUT2D eigenvalue weighted by atomic mass is 10.1. The highest BCUT2D eigenvalue weighted by molar-refractivity contribution is 9.11. The van der Waals surface area contributed by atoms with Gasteiger partial charge in [-0.2, -0.15) is 0 Å². The van der Waals surface area contributed by atoms with E-state index in [9.17, 15) is 9.18 Å². The fourth-order valence-electron chi connectivity index (χ4n) is 1.38. The molecule has 0 aliphatic heterocycles. The van der Waals surface area contributed by atoms with Crippen LogP contribution < -0.4 is 0 Å². The Morgan fingerprint density at radius 1 is 1.28 bits per heavy atom. The molecule has 0 unspecified atom stereocenters. The Morgan fingerprint density at radius 3 is 2.67 bits per heavy atom. The van der Waals surface area contributed by atoms with Crippen molar-refractivity contribution < 1.29 is 9.18 Å². The lowest BCUT2D eigenvalue weighted by molar-refractivity contribution is 0.103. The molecule has 1 heterocycles. The average Bonchev–Trinajstić information content (AvgIpc) is 2.31. The number of carbonyl (C=O) groups is 1. The highest BCUT2D eigenvalue weighted by atomic mass is 79.9. The number of carbonyl (C=O) groups excluding carboxylic acids is 1. The summed E-state index contributed by atoms with van der Waals surface area (Å²) in [5.74, 6) is -0.949. The van der Waals surface area contributed by atoms with Gasteiger partial charge in [0.15, 0.2) is 0 Å². The fourth-order valence-corrected chi connectivity index (χ4v) is 2.75. The number of nitrogens with zero attached hydrogens (tertiary/aromatic N) is 1. The minimum atomic E-state index is -0.518. The Labute approximate surface area is 124 Å². The zero-order valence-electron chi connectivity index (χ0n) is 8.75. The van der Waals surface area contributed by atoms with Crippen molar-refractivity contribution in [1.29, 1.82) is 0 Å². The Morgan fingerprint density at radius 2 is 2.00 bits per heavy atom. The van der Waals surface area contributed by atoms with Gasteiger partial charge in [-0.25, -0.2) is 4.39 Å². The van der Waals surface area contributed by atoms with Crippen LogP contribution in [0.4, 0.5) is 4.39 Å². The molecule has 1 aromatic carbocycles. The van der Waals surface area contributed by atoms with E-state index in [1.807, 2.05) is 0 Å². The van der Waals surface area contributed by atoms with E-state index >= 15 is 0 Å². The van der Waals surface area contributed by atoms with Crippen molar-refractivity contribution in [2.75, 3.05) is 0 Å². The van der Waals surface area contributed by atoms with Crippen molar-refractivity contribution >= 4 is 49.2 Å². The number of hydrogen-bond donors (Lipinski definition) is 0. The lowest BCUT2D eigenvalue weighted by Crippen LogP contribution is -2.06. The van der Waals surface area contributed by atoms with Crippen molar-refractivity contribution in [1.82, 2.24) is 4.98 Å². The third-order valence-corrected chi connectivity index (χ3v) is 3.56. The van der Waals surface area contributed by atoms with Crippen LogP contribution in [0.1, 0.15) is 16.1 Å². The maximum Gasteiger partial charge on any atom is 0.214 e. The molecule has 1 aromatic heterocycles. The van der Waals surface area contributed by atoms with Gasteiger partial charge in [0.25, 0.3) is 0 Å². The van der Waals surface area contributed by atoms with Crippen LogP contribution in [0.5, 0.6) is 0 Å². The van der Waals surface area contributed by atoms with Crippen LogP contribution in [0.15, 0.2) is 39.4 Å². The number of benzene rings is 1. The molecule has 0 aliphatic carbocycles. The van der Waals surface area contributed by atoms with Crippen LogP contribution in [0, 0.1) is 5.82 Å². The summed E-state index contributed by atoms with van der Waals surface area (Å²) in [6.07, 6.45) is 1.49. The standard InChI is InChI=1S/C12H5Br2ClFNO/c13-6-3-9(14)11(17-5-6)12(18)8-4-7(16)1-2-10(8)15/h1-5H. The molecule has 0 radical (unpaired) electrons. The first-order valence-electron chi connectivity index (χ1n) is 4.80. The summed E-state index contributed by atoms with van der Waals surface area (Å²) in [6.45, 7) is 0. The molecule has 0 aliphatic rings. The summed E-state index contributed by atoms with van der Waals surface area (Å²) in [6, 6.07) is 5.33. The molecular formula is C12H5Br2ClFNO. The largest absolute Gasteiger partial charge is 0.287 e. The second-order valence-electron chi connectivity index (χ2n) is 3.44. The summed E-state index contributed by atoms with van der Waals surface area (Å²) in [4.78, 5) is 16.2. The molecule has 6 heteroatoms. The van der Waals surface area contributed by atoms with E-state index in [1.165, 1.54) is 18.3 Å². The smallest absolute Gasteiger partial charge is 0.214 e. The molecule has 0 spiro atoms. The molecule has 18 heavy (non-hydrogen) atoms. The normalized spacial score (nSPS) is 10.4. The Bertz CT molecular complexity index is 633. The second-order valence-corrected chi connectivity index (χ2v) is 5.61. The maximum absolute atomic E-state index is 13.1. The Balaban J connectivity index is 2.51. The molecule has 0 bridgehead atoms. The van der Waals surface area contributed by atoms with E-state index < -0.39 is 11.6 Å². The Hall–Kier alpha value is -0.780. The molecule has 2 rings (SSSR count). The molecule has 0 saturated carbocycles. The van der Waals surface area contributed by atoms with Gasteiger partial charge >= 0.3 is 0 Å². The van der Waals surface area contributed by atoms with Gasteiger partial charge in [0, 0.05) is 20.7 Å².